The van der Waals surface area contributed by atoms with Gasteiger partial charge in [0, 0.05) is 17.9 Å². The second-order valence-corrected chi connectivity index (χ2v) is 6.44. The van der Waals surface area contributed by atoms with Gasteiger partial charge in [-0.15, -0.1) is 10.2 Å². The highest BCUT2D eigenvalue weighted by Gasteiger charge is 2.13. The fraction of sp³-hybridized carbons (Fsp3) is 0.263. The number of rotatable bonds is 6. The molecule has 0 aliphatic heterocycles. The number of benzene rings is 2. The molecule has 0 aliphatic rings. The Morgan fingerprint density at radius 3 is 2.46 bits per heavy atom. The van der Waals surface area contributed by atoms with Crippen LogP contribution in [0.3, 0.4) is 0 Å². The summed E-state index contributed by atoms with van der Waals surface area (Å²) in [6.07, 6.45) is 0. The van der Waals surface area contributed by atoms with Crippen LogP contribution in [0.1, 0.15) is 18.1 Å². The van der Waals surface area contributed by atoms with E-state index in [0.29, 0.717) is 0 Å². The van der Waals surface area contributed by atoms with E-state index in [1.807, 2.05) is 24.3 Å². The van der Waals surface area contributed by atoms with Crippen molar-refractivity contribution in [2.75, 3.05) is 7.11 Å². The maximum Gasteiger partial charge on any atom is 0.191 e. The Bertz CT molecular complexity index is 812. The molecule has 1 heterocycles. The first-order valence-electron chi connectivity index (χ1n) is 7.98. The standard InChI is InChI=1S/C19H21N3OS/c1-4-22-18(15-9-11-17(23-3)12-10-15)20-21-19(22)24-13-16-8-6-5-7-14(16)2/h5-12H,4,13H2,1-3H3. The van der Waals surface area contributed by atoms with Crippen molar-refractivity contribution in [1.29, 1.82) is 0 Å². The van der Waals surface area contributed by atoms with Gasteiger partial charge in [0.2, 0.25) is 0 Å². The van der Waals surface area contributed by atoms with Crippen molar-refractivity contribution in [3.05, 3.63) is 59.7 Å². The molecule has 3 rings (SSSR count). The van der Waals surface area contributed by atoms with Crippen LogP contribution in [0, 0.1) is 6.92 Å². The largest absolute Gasteiger partial charge is 0.497 e. The third-order valence-electron chi connectivity index (χ3n) is 4.00. The van der Waals surface area contributed by atoms with Gasteiger partial charge in [0.1, 0.15) is 5.75 Å². The van der Waals surface area contributed by atoms with Crippen LogP contribution in [0.5, 0.6) is 5.75 Å². The fourth-order valence-corrected chi connectivity index (χ4v) is 3.63. The summed E-state index contributed by atoms with van der Waals surface area (Å²) < 4.78 is 7.38. The second-order valence-electron chi connectivity index (χ2n) is 5.49. The zero-order valence-electron chi connectivity index (χ0n) is 14.2. The predicted octanol–water partition coefficient (Wildman–Crippen LogP) is 4.57. The number of methoxy groups -OCH3 is 1. The first-order valence-corrected chi connectivity index (χ1v) is 8.96. The van der Waals surface area contributed by atoms with E-state index in [2.05, 4.69) is 52.9 Å². The summed E-state index contributed by atoms with van der Waals surface area (Å²) in [6, 6.07) is 16.4. The molecule has 0 amide bonds. The minimum atomic E-state index is 0.838. The number of hydrogen-bond acceptors (Lipinski definition) is 4. The summed E-state index contributed by atoms with van der Waals surface area (Å²) in [5.74, 6) is 2.64. The van der Waals surface area contributed by atoms with Crippen molar-refractivity contribution in [2.45, 2.75) is 31.3 Å². The zero-order chi connectivity index (χ0) is 16.9. The van der Waals surface area contributed by atoms with E-state index in [1.54, 1.807) is 18.9 Å². The molecule has 24 heavy (non-hydrogen) atoms. The van der Waals surface area contributed by atoms with E-state index in [0.717, 1.165) is 34.6 Å². The lowest BCUT2D eigenvalue weighted by atomic mass is 10.1. The van der Waals surface area contributed by atoms with E-state index >= 15 is 0 Å². The Morgan fingerprint density at radius 1 is 1.04 bits per heavy atom. The summed E-state index contributed by atoms with van der Waals surface area (Å²) in [6.45, 7) is 5.10. The number of hydrogen-bond donors (Lipinski definition) is 0. The Kier molecular flexibility index (Phi) is 5.20. The van der Waals surface area contributed by atoms with E-state index in [9.17, 15) is 0 Å². The third-order valence-corrected chi connectivity index (χ3v) is 5.01. The second kappa shape index (κ2) is 7.53. The molecule has 0 unspecified atom stereocenters. The first kappa shape index (κ1) is 16.6. The van der Waals surface area contributed by atoms with Crippen LogP contribution in [0.2, 0.25) is 0 Å². The van der Waals surface area contributed by atoms with E-state index in [4.69, 9.17) is 4.74 Å². The molecule has 124 valence electrons. The molecule has 0 fully saturated rings. The molecule has 0 aliphatic carbocycles. The van der Waals surface area contributed by atoms with Crippen LogP contribution in [-0.4, -0.2) is 21.9 Å². The maximum atomic E-state index is 5.22. The highest BCUT2D eigenvalue weighted by Crippen LogP contribution is 2.28. The lowest BCUT2D eigenvalue weighted by Gasteiger charge is -2.09. The highest BCUT2D eigenvalue weighted by atomic mass is 32.2. The molecule has 0 spiro atoms. The van der Waals surface area contributed by atoms with Gasteiger partial charge >= 0.3 is 0 Å². The van der Waals surface area contributed by atoms with Gasteiger partial charge < -0.3 is 9.30 Å². The van der Waals surface area contributed by atoms with Gasteiger partial charge in [-0.2, -0.15) is 0 Å². The van der Waals surface area contributed by atoms with Crippen molar-refractivity contribution in [1.82, 2.24) is 14.8 Å². The van der Waals surface area contributed by atoms with Crippen LogP contribution in [0.25, 0.3) is 11.4 Å². The third kappa shape index (κ3) is 3.46. The number of nitrogens with zero attached hydrogens (tertiary/aromatic N) is 3. The SMILES string of the molecule is CCn1c(SCc2ccccc2C)nnc1-c1ccc(OC)cc1. The molecule has 0 N–H and O–H groups in total. The average Bonchev–Trinajstić information content (AvgIpc) is 3.04. The molecule has 0 saturated carbocycles. The normalized spacial score (nSPS) is 10.8. The number of ether oxygens (including phenoxy) is 1. The first-order chi connectivity index (χ1) is 11.7. The molecule has 2 aromatic carbocycles. The van der Waals surface area contributed by atoms with Gasteiger partial charge in [-0.05, 0) is 49.2 Å². The van der Waals surface area contributed by atoms with Gasteiger partial charge in [-0.1, -0.05) is 36.0 Å². The topological polar surface area (TPSA) is 39.9 Å². The van der Waals surface area contributed by atoms with Crippen LogP contribution in [0.15, 0.2) is 53.7 Å². The summed E-state index contributed by atoms with van der Waals surface area (Å²) in [5.41, 5.74) is 3.69. The summed E-state index contributed by atoms with van der Waals surface area (Å²) in [5, 5.41) is 9.74. The Hall–Kier alpha value is -2.27. The van der Waals surface area contributed by atoms with E-state index < -0.39 is 0 Å². The molecule has 4 nitrogen and oxygen atoms in total. The Labute approximate surface area is 146 Å². The molecule has 0 atom stereocenters. The Morgan fingerprint density at radius 2 is 1.79 bits per heavy atom. The average molecular weight is 339 g/mol. The lowest BCUT2D eigenvalue weighted by molar-refractivity contribution is 0.415. The maximum absolute atomic E-state index is 5.22. The highest BCUT2D eigenvalue weighted by molar-refractivity contribution is 7.98. The van der Waals surface area contributed by atoms with Gasteiger partial charge in [-0.3, -0.25) is 0 Å². The number of aryl methyl sites for hydroxylation is 1. The molecule has 0 bridgehead atoms. The zero-order valence-corrected chi connectivity index (χ0v) is 15.0. The molecular weight excluding hydrogens is 318 g/mol. The van der Waals surface area contributed by atoms with Crippen molar-refractivity contribution in [3.8, 4) is 17.1 Å². The van der Waals surface area contributed by atoms with Crippen LogP contribution >= 0.6 is 11.8 Å². The van der Waals surface area contributed by atoms with Crippen molar-refractivity contribution >= 4 is 11.8 Å². The molecular formula is C19H21N3OS. The minimum Gasteiger partial charge on any atom is -0.497 e. The van der Waals surface area contributed by atoms with Crippen molar-refractivity contribution in [2.24, 2.45) is 0 Å². The summed E-state index contributed by atoms with van der Waals surface area (Å²) >= 11 is 1.73. The molecule has 5 heteroatoms. The summed E-state index contributed by atoms with van der Waals surface area (Å²) in [4.78, 5) is 0. The van der Waals surface area contributed by atoms with Gasteiger partial charge in [0.05, 0.1) is 7.11 Å². The smallest absolute Gasteiger partial charge is 0.191 e. The molecule has 1 aromatic heterocycles. The predicted molar refractivity (Wildman–Crippen MR) is 98.4 cm³/mol. The van der Waals surface area contributed by atoms with Gasteiger partial charge in [0.15, 0.2) is 11.0 Å². The van der Waals surface area contributed by atoms with Gasteiger partial charge in [-0.25, -0.2) is 0 Å². The lowest BCUT2D eigenvalue weighted by Crippen LogP contribution is -2.00. The van der Waals surface area contributed by atoms with E-state index in [-0.39, 0.29) is 0 Å². The van der Waals surface area contributed by atoms with Gasteiger partial charge in [0.25, 0.3) is 0 Å². The number of aromatic nitrogens is 3. The monoisotopic (exact) mass is 339 g/mol. The Balaban J connectivity index is 1.82. The van der Waals surface area contributed by atoms with Crippen LogP contribution < -0.4 is 4.74 Å². The fourth-order valence-electron chi connectivity index (χ4n) is 2.55. The molecule has 0 saturated heterocycles. The number of thioether (sulfide) groups is 1. The summed E-state index contributed by atoms with van der Waals surface area (Å²) in [7, 11) is 1.67. The van der Waals surface area contributed by atoms with Crippen molar-refractivity contribution < 1.29 is 4.74 Å². The van der Waals surface area contributed by atoms with E-state index in [1.165, 1.54) is 11.1 Å². The van der Waals surface area contributed by atoms with Crippen LogP contribution in [0.4, 0.5) is 0 Å². The quantitative estimate of drug-likeness (QED) is 0.617. The minimum absolute atomic E-state index is 0.838. The molecule has 0 radical (unpaired) electrons. The molecule has 3 aromatic rings. The van der Waals surface area contributed by atoms with Crippen molar-refractivity contribution in [3.63, 3.8) is 0 Å². The van der Waals surface area contributed by atoms with Crippen LogP contribution in [-0.2, 0) is 12.3 Å².